The highest BCUT2D eigenvalue weighted by Crippen LogP contribution is 2.27. The number of hydrogen-bond donors (Lipinski definition) is 0. The zero-order valence-corrected chi connectivity index (χ0v) is 12.6. The molecule has 0 aromatic rings. The summed E-state index contributed by atoms with van der Waals surface area (Å²) < 4.78 is 5.10. The normalized spacial score (nSPS) is 25.1. The van der Waals surface area contributed by atoms with Gasteiger partial charge >= 0.3 is 5.97 Å². The zero-order chi connectivity index (χ0) is 14.4. The maximum absolute atomic E-state index is 12.6. The zero-order valence-electron chi connectivity index (χ0n) is 12.6. The third-order valence-electron chi connectivity index (χ3n) is 4.56. The number of ether oxygens (including phenoxy) is 1. The van der Waals surface area contributed by atoms with Crippen molar-refractivity contribution in [1.29, 1.82) is 0 Å². The Morgan fingerprint density at radius 1 is 1.00 bits per heavy atom. The molecule has 1 aliphatic heterocycles. The van der Waals surface area contributed by atoms with Crippen LogP contribution in [-0.4, -0.2) is 36.5 Å². The van der Waals surface area contributed by atoms with Crippen LogP contribution < -0.4 is 0 Å². The van der Waals surface area contributed by atoms with E-state index in [9.17, 15) is 9.59 Å². The van der Waals surface area contributed by atoms with Crippen LogP contribution in [0, 0.1) is 11.8 Å². The monoisotopic (exact) mass is 281 g/mol. The quantitative estimate of drug-likeness (QED) is 0.590. The average molecular weight is 281 g/mol. The van der Waals surface area contributed by atoms with Gasteiger partial charge in [-0.1, -0.05) is 25.7 Å². The predicted octanol–water partition coefficient (Wildman–Crippen LogP) is 2.76. The van der Waals surface area contributed by atoms with Crippen molar-refractivity contribution < 1.29 is 14.3 Å². The Labute approximate surface area is 121 Å². The standard InChI is InChI=1S/C16H27NO3/c1-2-20-16(19)14-10-7-11-17(12-14)15(18)13-8-5-3-4-6-9-13/h13-14H,2-12H2,1H3/t14-/m1/s1. The van der Waals surface area contributed by atoms with E-state index in [1.54, 1.807) is 0 Å². The van der Waals surface area contributed by atoms with Gasteiger partial charge in [-0.3, -0.25) is 9.59 Å². The lowest BCUT2D eigenvalue weighted by atomic mass is 9.94. The summed E-state index contributed by atoms with van der Waals surface area (Å²) in [5, 5.41) is 0. The lowest BCUT2D eigenvalue weighted by molar-refractivity contribution is -0.152. The largest absolute Gasteiger partial charge is 0.466 e. The van der Waals surface area contributed by atoms with Crippen LogP contribution in [0.15, 0.2) is 0 Å². The molecule has 0 bridgehead atoms. The maximum atomic E-state index is 12.6. The van der Waals surface area contributed by atoms with Crippen LogP contribution in [0.25, 0.3) is 0 Å². The van der Waals surface area contributed by atoms with Crippen LogP contribution in [0.2, 0.25) is 0 Å². The van der Waals surface area contributed by atoms with Gasteiger partial charge in [-0.15, -0.1) is 0 Å². The van der Waals surface area contributed by atoms with Crippen molar-refractivity contribution >= 4 is 11.9 Å². The fraction of sp³-hybridized carbons (Fsp3) is 0.875. The van der Waals surface area contributed by atoms with Gasteiger partial charge in [0.05, 0.1) is 12.5 Å². The molecular formula is C16H27NO3. The van der Waals surface area contributed by atoms with Crippen molar-refractivity contribution in [3.05, 3.63) is 0 Å². The second-order valence-electron chi connectivity index (χ2n) is 6.06. The number of esters is 1. The molecule has 0 spiro atoms. The first-order valence-corrected chi connectivity index (χ1v) is 8.17. The lowest BCUT2D eigenvalue weighted by Gasteiger charge is -2.33. The molecule has 4 nitrogen and oxygen atoms in total. The van der Waals surface area contributed by atoms with Crippen molar-refractivity contribution in [3.8, 4) is 0 Å². The van der Waals surface area contributed by atoms with Crippen LogP contribution in [0.3, 0.4) is 0 Å². The van der Waals surface area contributed by atoms with Crippen LogP contribution in [0.4, 0.5) is 0 Å². The molecule has 0 radical (unpaired) electrons. The molecule has 1 amide bonds. The van der Waals surface area contributed by atoms with E-state index in [1.165, 1.54) is 25.7 Å². The summed E-state index contributed by atoms with van der Waals surface area (Å²) >= 11 is 0. The summed E-state index contributed by atoms with van der Waals surface area (Å²) in [5.41, 5.74) is 0. The minimum Gasteiger partial charge on any atom is -0.466 e. The van der Waals surface area contributed by atoms with Gasteiger partial charge < -0.3 is 9.64 Å². The molecule has 0 aromatic carbocycles. The van der Waals surface area contributed by atoms with Gasteiger partial charge in [-0.2, -0.15) is 0 Å². The molecular weight excluding hydrogens is 254 g/mol. The Morgan fingerprint density at radius 2 is 1.65 bits per heavy atom. The number of rotatable bonds is 3. The summed E-state index contributed by atoms with van der Waals surface area (Å²) in [6.07, 6.45) is 8.69. The second-order valence-corrected chi connectivity index (χ2v) is 6.06. The van der Waals surface area contributed by atoms with Crippen molar-refractivity contribution in [2.75, 3.05) is 19.7 Å². The predicted molar refractivity (Wildman–Crippen MR) is 77.1 cm³/mol. The average Bonchev–Trinajstić information content (AvgIpc) is 2.76. The molecule has 1 saturated heterocycles. The van der Waals surface area contributed by atoms with E-state index in [0.29, 0.717) is 13.2 Å². The molecule has 0 unspecified atom stereocenters. The third-order valence-corrected chi connectivity index (χ3v) is 4.56. The molecule has 0 N–H and O–H groups in total. The van der Waals surface area contributed by atoms with Crippen LogP contribution in [0.5, 0.6) is 0 Å². The second kappa shape index (κ2) is 7.65. The Bertz CT molecular complexity index is 335. The highest BCUT2D eigenvalue weighted by atomic mass is 16.5. The minimum atomic E-state index is -0.133. The number of amides is 1. The summed E-state index contributed by atoms with van der Waals surface area (Å²) in [4.78, 5) is 26.4. The Hall–Kier alpha value is -1.06. The SMILES string of the molecule is CCOC(=O)[C@@H]1CCCN(C(=O)C2CCCCCC2)C1. The van der Waals surface area contributed by atoms with E-state index in [4.69, 9.17) is 4.74 Å². The number of carbonyl (C=O) groups excluding carboxylic acids is 2. The highest BCUT2D eigenvalue weighted by molar-refractivity contribution is 5.80. The van der Waals surface area contributed by atoms with Gasteiger partial charge in [0.15, 0.2) is 0 Å². The molecule has 4 heteroatoms. The first-order chi connectivity index (χ1) is 9.72. The summed E-state index contributed by atoms with van der Waals surface area (Å²) in [6, 6.07) is 0. The van der Waals surface area contributed by atoms with Crippen molar-refractivity contribution in [1.82, 2.24) is 4.90 Å². The first-order valence-electron chi connectivity index (χ1n) is 8.17. The summed E-state index contributed by atoms with van der Waals surface area (Å²) in [6.45, 7) is 3.63. The summed E-state index contributed by atoms with van der Waals surface area (Å²) in [7, 11) is 0. The Kier molecular flexibility index (Phi) is 5.86. The van der Waals surface area contributed by atoms with Crippen molar-refractivity contribution in [2.24, 2.45) is 11.8 Å². The van der Waals surface area contributed by atoms with Crippen LogP contribution >= 0.6 is 0 Å². The number of piperidine rings is 1. The molecule has 2 aliphatic rings. The van der Waals surface area contributed by atoms with Gasteiger partial charge in [0.25, 0.3) is 0 Å². The molecule has 1 saturated carbocycles. The number of nitrogens with zero attached hydrogens (tertiary/aromatic N) is 1. The Morgan fingerprint density at radius 3 is 2.30 bits per heavy atom. The first kappa shape index (κ1) is 15.3. The van der Waals surface area contributed by atoms with E-state index in [2.05, 4.69) is 0 Å². The molecule has 0 aromatic heterocycles. The topological polar surface area (TPSA) is 46.6 Å². The van der Waals surface area contributed by atoms with E-state index in [1.807, 2.05) is 11.8 Å². The number of likely N-dealkylation sites (tertiary alicyclic amines) is 1. The van der Waals surface area contributed by atoms with E-state index in [0.717, 1.165) is 32.2 Å². The smallest absolute Gasteiger partial charge is 0.310 e. The molecule has 2 fully saturated rings. The molecule has 1 aliphatic carbocycles. The fourth-order valence-electron chi connectivity index (χ4n) is 3.41. The van der Waals surface area contributed by atoms with E-state index in [-0.39, 0.29) is 23.7 Å². The van der Waals surface area contributed by atoms with Crippen molar-refractivity contribution in [3.63, 3.8) is 0 Å². The lowest BCUT2D eigenvalue weighted by Crippen LogP contribution is -2.45. The van der Waals surface area contributed by atoms with Gasteiger partial charge in [-0.25, -0.2) is 0 Å². The van der Waals surface area contributed by atoms with Gasteiger partial charge in [-0.05, 0) is 32.6 Å². The number of carbonyl (C=O) groups is 2. The fourth-order valence-corrected chi connectivity index (χ4v) is 3.41. The van der Waals surface area contributed by atoms with Gasteiger partial charge in [0.2, 0.25) is 5.91 Å². The van der Waals surface area contributed by atoms with Gasteiger partial charge in [0.1, 0.15) is 0 Å². The maximum Gasteiger partial charge on any atom is 0.310 e. The molecule has 1 heterocycles. The third kappa shape index (κ3) is 3.97. The Balaban J connectivity index is 1.90. The molecule has 20 heavy (non-hydrogen) atoms. The summed E-state index contributed by atoms with van der Waals surface area (Å²) in [5.74, 6) is 0.226. The van der Waals surface area contributed by atoms with E-state index >= 15 is 0 Å². The van der Waals surface area contributed by atoms with Crippen molar-refractivity contribution in [2.45, 2.75) is 58.3 Å². The molecule has 2 rings (SSSR count). The van der Waals surface area contributed by atoms with Crippen LogP contribution in [0.1, 0.15) is 58.3 Å². The van der Waals surface area contributed by atoms with E-state index < -0.39 is 0 Å². The van der Waals surface area contributed by atoms with Crippen LogP contribution in [-0.2, 0) is 14.3 Å². The molecule has 114 valence electrons. The highest BCUT2D eigenvalue weighted by Gasteiger charge is 2.32. The minimum absolute atomic E-state index is 0.113. The van der Waals surface area contributed by atoms with Gasteiger partial charge in [0, 0.05) is 19.0 Å². The molecule has 1 atom stereocenters. The number of hydrogen-bond acceptors (Lipinski definition) is 3.